The molecule has 0 aromatic heterocycles. The van der Waals surface area contributed by atoms with Crippen LogP contribution in [0.3, 0.4) is 0 Å². The lowest BCUT2D eigenvalue weighted by atomic mass is 10.2. The third kappa shape index (κ3) is 4.34. The first kappa shape index (κ1) is 16.5. The minimum absolute atomic E-state index is 0.130. The summed E-state index contributed by atoms with van der Waals surface area (Å²) in [6, 6.07) is 11.6. The Hall–Kier alpha value is -1.82. The number of ether oxygens (including phenoxy) is 1. The number of anilines is 1. The quantitative estimate of drug-likeness (QED) is 0.813. The molecule has 1 amide bonds. The number of carbonyl (C=O) groups is 1. The highest BCUT2D eigenvalue weighted by Crippen LogP contribution is 2.25. The zero-order chi connectivity index (χ0) is 16.1. The Morgan fingerprint density at radius 2 is 1.82 bits per heavy atom. The summed E-state index contributed by atoms with van der Waals surface area (Å²) in [7, 11) is 1.56. The highest BCUT2D eigenvalue weighted by atomic mass is 35.5. The summed E-state index contributed by atoms with van der Waals surface area (Å²) in [6.07, 6.45) is 0. The predicted octanol–water partition coefficient (Wildman–Crippen LogP) is 4.13. The molecule has 0 radical (unpaired) electrons. The molecule has 0 heterocycles. The van der Waals surface area contributed by atoms with Crippen LogP contribution in [-0.2, 0) is 0 Å². The Bertz CT molecular complexity index is 705. The fourth-order valence-electron chi connectivity index (χ4n) is 1.66. The molecule has 0 spiro atoms. The van der Waals surface area contributed by atoms with Crippen molar-refractivity contribution < 1.29 is 9.53 Å². The van der Waals surface area contributed by atoms with Crippen molar-refractivity contribution in [1.82, 2.24) is 5.32 Å². The van der Waals surface area contributed by atoms with Gasteiger partial charge in [0.25, 0.3) is 5.91 Å². The number of hydrogen-bond acceptors (Lipinski definition) is 3. The Labute approximate surface area is 143 Å². The number of hydrogen-bond donors (Lipinski definition) is 2. The Morgan fingerprint density at radius 3 is 2.45 bits per heavy atom. The molecular formula is C15H12Cl2N2O2S. The van der Waals surface area contributed by atoms with Crippen molar-refractivity contribution in [2.75, 3.05) is 12.4 Å². The maximum atomic E-state index is 12.1. The van der Waals surface area contributed by atoms with Gasteiger partial charge in [0.2, 0.25) is 0 Å². The number of halogens is 2. The van der Waals surface area contributed by atoms with Crippen LogP contribution in [0, 0.1) is 0 Å². The summed E-state index contributed by atoms with van der Waals surface area (Å²) in [6.45, 7) is 0. The molecule has 0 fully saturated rings. The van der Waals surface area contributed by atoms with E-state index in [1.165, 1.54) is 0 Å². The standard InChI is InChI=1S/C15H12Cl2N2O2S/c1-21-11-5-2-9(3-6-11)14(20)19-15(22)18-13-8-10(16)4-7-12(13)17/h2-8H,1H3,(H2,18,19,20,22). The Morgan fingerprint density at radius 1 is 1.14 bits per heavy atom. The summed E-state index contributed by atoms with van der Waals surface area (Å²) in [4.78, 5) is 12.1. The van der Waals surface area contributed by atoms with Crippen LogP contribution in [0.5, 0.6) is 5.75 Å². The second-order valence-electron chi connectivity index (χ2n) is 4.26. The van der Waals surface area contributed by atoms with Crippen molar-refractivity contribution >= 4 is 52.1 Å². The van der Waals surface area contributed by atoms with Gasteiger partial charge >= 0.3 is 0 Å². The van der Waals surface area contributed by atoms with Gasteiger partial charge in [-0.15, -0.1) is 0 Å². The molecule has 114 valence electrons. The zero-order valence-corrected chi connectivity index (χ0v) is 13.9. The molecule has 0 aliphatic rings. The fraction of sp³-hybridized carbons (Fsp3) is 0.0667. The van der Waals surface area contributed by atoms with Crippen molar-refractivity contribution in [2.24, 2.45) is 0 Å². The molecule has 2 rings (SSSR count). The first-order valence-corrected chi connectivity index (χ1v) is 7.37. The van der Waals surface area contributed by atoms with Crippen LogP contribution < -0.4 is 15.4 Å². The number of methoxy groups -OCH3 is 1. The molecule has 0 aliphatic carbocycles. The summed E-state index contributed by atoms with van der Waals surface area (Å²) < 4.78 is 5.04. The van der Waals surface area contributed by atoms with Crippen molar-refractivity contribution in [3.05, 3.63) is 58.1 Å². The monoisotopic (exact) mass is 354 g/mol. The van der Waals surface area contributed by atoms with E-state index in [4.69, 9.17) is 40.2 Å². The smallest absolute Gasteiger partial charge is 0.257 e. The minimum atomic E-state index is -0.335. The predicted molar refractivity (Wildman–Crippen MR) is 93.1 cm³/mol. The number of thiocarbonyl (C=S) groups is 1. The van der Waals surface area contributed by atoms with E-state index in [2.05, 4.69) is 10.6 Å². The molecule has 0 unspecified atom stereocenters. The third-order valence-electron chi connectivity index (χ3n) is 2.76. The first-order valence-electron chi connectivity index (χ1n) is 6.21. The van der Waals surface area contributed by atoms with Crippen LogP contribution >= 0.6 is 35.4 Å². The van der Waals surface area contributed by atoms with E-state index in [1.807, 2.05) is 0 Å². The highest BCUT2D eigenvalue weighted by Gasteiger charge is 2.09. The molecule has 0 atom stereocenters. The normalized spacial score (nSPS) is 9.95. The first-order chi connectivity index (χ1) is 10.5. The van der Waals surface area contributed by atoms with Crippen LogP contribution in [0.15, 0.2) is 42.5 Å². The van der Waals surface area contributed by atoms with E-state index >= 15 is 0 Å². The average molecular weight is 355 g/mol. The summed E-state index contributed by atoms with van der Waals surface area (Å²) in [5, 5.41) is 6.49. The number of rotatable bonds is 3. The minimum Gasteiger partial charge on any atom is -0.497 e. The van der Waals surface area contributed by atoms with E-state index in [0.717, 1.165) is 0 Å². The van der Waals surface area contributed by atoms with Gasteiger partial charge in [-0.1, -0.05) is 23.2 Å². The van der Waals surface area contributed by atoms with Crippen LogP contribution in [0.4, 0.5) is 5.69 Å². The SMILES string of the molecule is COc1ccc(C(=O)NC(=S)Nc2cc(Cl)ccc2Cl)cc1. The lowest BCUT2D eigenvalue weighted by Gasteiger charge is -2.11. The number of nitrogens with one attached hydrogen (secondary N) is 2. The second kappa shape index (κ2) is 7.45. The van der Waals surface area contributed by atoms with Gasteiger partial charge in [-0.25, -0.2) is 0 Å². The lowest BCUT2D eigenvalue weighted by molar-refractivity contribution is 0.0977. The lowest BCUT2D eigenvalue weighted by Crippen LogP contribution is -2.34. The van der Waals surface area contributed by atoms with Crippen LogP contribution in [0.1, 0.15) is 10.4 Å². The highest BCUT2D eigenvalue weighted by molar-refractivity contribution is 7.80. The average Bonchev–Trinajstić information content (AvgIpc) is 2.51. The molecule has 0 saturated heterocycles. The van der Waals surface area contributed by atoms with Gasteiger partial charge in [-0.2, -0.15) is 0 Å². The number of benzene rings is 2. The van der Waals surface area contributed by atoms with E-state index < -0.39 is 0 Å². The molecule has 0 aliphatic heterocycles. The molecular weight excluding hydrogens is 343 g/mol. The molecule has 2 aromatic rings. The summed E-state index contributed by atoms with van der Waals surface area (Å²) >= 11 is 17.0. The Kier molecular flexibility index (Phi) is 5.60. The van der Waals surface area contributed by atoms with E-state index in [-0.39, 0.29) is 11.0 Å². The topological polar surface area (TPSA) is 50.4 Å². The van der Waals surface area contributed by atoms with Gasteiger partial charge in [-0.05, 0) is 54.7 Å². The molecule has 22 heavy (non-hydrogen) atoms. The van der Waals surface area contributed by atoms with Gasteiger partial charge < -0.3 is 10.1 Å². The Balaban J connectivity index is 2.01. The van der Waals surface area contributed by atoms with Gasteiger partial charge in [0, 0.05) is 10.6 Å². The van der Waals surface area contributed by atoms with Crippen molar-refractivity contribution in [3.63, 3.8) is 0 Å². The van der Waals surface area contributed by atoms with Crippen LogP contribution in [0.25, 0.3) is 0 Å². The second-order valence-corrected chi connectivity index (χ2v) is 5.51. The van der Waals surface area contributed by atoms with Crippen molar-refractivity contribution in [2.45, 2.75) is 0 Å². The maximum Gasteiger partial charge on any atom is 0.257 e. The fourth-order valence-corrected chi connectivity index (χ4v) is 2.20. The van der Waals surface area contributed by atoms with Crippen molar-refractivity contribution in [1.29, 1.82) is 0 Å². The molecule has 0 bridgehead atoms. The third-order valence-corrected chi connectivity index (χ3v) is 3.52. The van der Waals surface area contributed by atoms with Crippen LogP contribution in [0.2, 0.25) is 10.0 Å². The van der Waals surface area contributed by atoms with Gasteiger partial charge in [0.15, 0.2) is 5.11 Å². The van der Waals surface area contributed by atoms with Crippen LogP contribution in [-0.4, -0.2) is 18.1 Å². The summed E-state index contributed by atoms with van der Waals surface area (Å²) in [5.41, 5.74) is 0.983. The molecule has 2 aromatic carbocycles. The van der Waals surface area contributed by atoms with E-state index in [0.29, 0.717) is 27.0 Å². The van der Waals surface area contributed by atoms with E-state index in [9.17, 15) is 4.79 Å². The zero-order valence-electron chi connectivity index (χ0n) is 11.5. The molecule has 2 N–H and O–H groups in total. The molecule has 4 nitrogen and oxygen atoms in total. The van der Waals surface area contributed by atoms with Gasteiger partial charge in [0.05, 0.1) is 17.8 Å². The molecule has 0 saturated carbocycles. The van der Waals surface area contributed by atoms with Gasteiger partial charge in [0.1, 0.15) is 5.75 Å². The van der Waals surface area contributed by atoms with Gasteiger partial charge in [-0.3, -0.25) is 10.1 Å². The number of carbonyl (C=O) groups excluding carboxylic acids is 1. The van der Waals surface area contributed by atoms with Crippen molar-refractivity contribution in [3.8, 4) is 5.75 Å². The maximum absolute atomic E-state index is 12.1. The van der Waals surface area contributed by atoms with E-state index in [1.54, 1.807) is 49.6 Å². The number of amides is 1. The molecule has 7 heteroatoms. The largest absolute Gasteiger partial charge is 0.497 e. The summed E-state index contributed by atoms with van der Waals surface area (Å²) in [5.74, 6) is 0.335.